The van der Waals surface area contributed by atoms with Gasteiger partial charge in [-0.1, -0.05) is 0 Å². The van der Waals surface area contributed by atoms with Crippen molar-refractivity contribution in [1.29, 1.82) is 0 Å². The zero-order chi connectivity index (χ0) is 11.4. The number of thiophene rings is 1. The molecule has 1 aromatic rings. The van der Waals surface area contributed by atoms with Crippen molar-refractivity contribution in [1.82, 2.24) is 10.2 Å². The molecule has 2 heterocycles. The number of halogens is 1. The fourth-order valence-corrected chi connectivity index (χ4v) is 2.73. The Morgan fingerprint density at radius 2 is 2.47 bits per heavy atom. The number of rotatable bonds is 3. The fraction of sp³-hybridized carbons (Fsp3) is 0.583. The van der Waals surface area contributed by atoms with Gasteiger partial charge in [-0.25, -0.2) is 0 Å². The van der Waals surface area contributed by atoms with Crippen molar-refractivity contribution >= 4 is 29.7 Å². The molecule has 0 bridgehead atoms. The van der Waals surface area contributed by atoms with Gasteiger partial charge in [-0.15, -0.1) is 12.4 Å². The molecule has 1 aliphatic heterocycles. The van der Waals surface area contributed by atoms with Gasteiger partial charge in [-0.2, -0.15) is 11.3 Å². The van der Waals surface area contributed by atoms with Gasteiger partial charge >= 0.3 is 0 Å². The third-order valence-corrected chi connectivity index (χ3v) is 3.88. The number of hydrogen-bond acceptors (Lipinski definition) is 3. The van der Waals surface area contributed by atoms with E-state index in [4.69, 9.17) is 0 Å². The third kappa shape index (κ3) is 3.98. The van der Waals surface area contributed by atoms with Crippen molar-refractivity contribution in [3.05, 3.63) is 22.4 Å². The molecular weight excluding hydrogens is 256 g/mol. The molecule has 96 valence electrons. The van der Waals surface area contributed by atoms with E-state index in [9.17, 15) is 4.79 Å². The van der Waals surface area contributed by atoms with Crippen molar-refractivity contribution in [2.24, 2.45) is 0 Å². The van der Waals surface area contributed by atoms with Gasteiger partial charge in [-0.3, -0.25) is 4.79 Å². The Kier molecular flexibility index (Phi) is 5.95. The molecule has 17 heavy (non-hydrogen) atoms. The van der Waals surface area contributed by atoms with Crippen molar-refractivity contribution in [3.8, 4) is 0 Å². The molecule has 0 saturated carbocycles. The van der Waals surface area contributed by atoms with E-state index in [1.807, 2.05) is 28.8 Å². The zero-order valence-electron chi connectivity index (χ0n) is 10.0. The summed E-state index contributed by atoms with van der Waals surface area (Å²) in [5.74, 6) is 0.229. The van der Waals surface area contributed by atoms with Crippen molar-refractivity contribution in [3.63, 3.8) is 0 Å². The summed E-state index contributed by atoms with van der Waals surface area (Å²) in [4.78, 5) is 13.9. The molecule has 0 unspecified atom stereocenters. The number of nitrogens with zero attached hydrogens (tertiary/aromatic N) is 1. The van der Waals surface area contributed by atoms with E-state index in [1.54, 1.807) is 11.3 Å². The number of hydrogen-bond donors (Lipinski definition) is 1. The summed E-state index contributed by atoms with van der Waals surface area (Å²) in [6.45, 7) is 2.02. The molecule has 1 aliphatic rings. The summed E-state index contributed by atoms with van der Waals surface area (Å²) in [6, 6.07) is 2.40. The molecule has 0 aromatic carbocycles. The summed E-state index contributed by atoms with van der Waals surface area (Å²) >= 11 is 1.65. The lowest BCUT2D eigenvalue weighted by Crippen LogP contribution is -2.47. The summed E-state index contributed by atoms with van der Waals surface area (Å²) in [6.07, 6.45) is 2.83. The Balaban J connectivity index is 0.00000144. The maximum absolute atomic E-state index is 12.0. The first-order valence-electron chi connectivity index (χ1n) is 5.75. The number of carbonyl (C=O) groups excluding carboxylic acids is 1. The largest absolute Gasteiger partial charge is 0.341 e. The second-order valence-electron chi connectivity index (χ2n) is 4.31. The number of amides is 1. The fourth-order valence-electron chi connectivity index (χ4n) is 2.06. The van der Waals surface area contributed by atoms with Crippen LogP contribution in [-0.2, 0) is 11.2 Å². The van der Waals surface area contributed by atoms with Gasteiger partial charge in [-0.05, 0) is 41.8 Å². The molecule has 0 aliphatic carbocycles. The lowest BCUT2D eigenvalue weighted by molar-refractivity contribution is -0.131. The van der Waals surface area contributed by atoms with E-state index >= 15 is 0 Å². The first-order valence-corrected chi connectivity index (χ1v) is 6.69. The minimum Gasteiger partial charge on any atom is -0.341 e. The zero-order valence-corrected chi connectivity index (χ0v) is 11.6. The first-order chi connectivity index (χ1) is 7.77. The Labute approximate surface area is 113 Å². The number of nitrogens with one attached hydrogen (secondary N) is 1. The van der Waals surface area contributed by atoms with Crippen molar-refractivity contribution in [2.45, 2.75) is 25.3 Å². The van der Waals surface area contributed by atoms with Crippen LogP contribution in [0.4, 0.5) is 0 Å². The average molecular weight is 275 g/mol. The molecule has 0 radical (unpaired) electrons. The van der Waals surface area contributed by atoms with E-state index in [-0.39, 0.29) is 18.3 Å². The maximum Gasteiger partial charge on any atom is 0.227 e. The highest BCUT2D eigenvalue weighted by atomic mass is 35.5. The van der Waals surface area contributed by atoms with Crippen LogP contribution >= 0.6 is 23.7 Å². The summed E-state index contributed by atoms with van der Waals surface area (Å²) in [5.41, 5.74) is 1.13. The van der Waals surface area contributed by atoms with Crippen LogP contribution in [-0.4, -0.2) is 37.0 Å². The highest BCUT2D eigenvalue weighted by molar-refractivity contribution is 7.07. The Bertz CT molecular complexity index is 336. The molecule has 1 fully saturated rings. The van der Waals surface area contributed by atoms with Gasteiger partial charge in [0.1, 0.15) is 0 Å². The predicted octanol–water partition coefficient (Wildman–Crippen LogP) is 1.92. The maximum atomic E-state index is 12.0. The molecule has 5 heteroatoms. The van der Waals surface area contributed by atoms with Crippen LogP contribution in [0.25, 0.3) is 0 Å². The Hall–Kier alpha value is -0.580. The molecule has 1 saturated heterocycles. The molecule has 1 N–H and O–H groups in total. The molecule has 1 amide bonds. The standard InChI is InChI=1S/C12H18N2OS.ClH/c1-14(11-3-2-5-13-8-11)12(15)7-10-4-6-16-9-10;/h4,6,9,11,13H,2-3,5,7-8H2,1H3;1H/t11-;/m1./s1. The van der Waals surface area contributed by atoms with Gasteiger partial charge < -0.3 is 10.2 Å². The molecule has 3 nitrogen and oxygen atoms in total. The molecular formula is C12H19ClN2OS. The predicted molar refractivity (Wildman–Crippen MR) is 73.9 cm³/mol. The van der Waals surface area contributed by atoms with E-state index in [1.165, 1.54) is 6.42 Å². The number of carbonyl (C=O) groups is 1. The monoisotopic (exact) mass is 274 g/mol. The highest BCUT2D eigenvalue weighted by Crippen LogP contribution is 2.12. The van der Waals surface area contributed by atoms with Crippen LogP contribution in [0, 0.1) is 0 Å². The second kappa shape index (κ2) is 6.99. The SMILES string of the molecule is CN(C(=O)Cc1ccsc1)[C@@H]1CCCNC1.Cl. The van der Waals surface area contributed by atoms with Crippen LogP contribution < -0.4 is 5.32 Å². The summed E-state index contributed by atoms with van der Waals surface area (Å²) in [7, 11) is 1.92. The molecule has 2 rings (SSSR count). The number of piperidine rings is 1. The minimum absolute atomic E-state index is 0. The average Bonchev–Trinajstić information content (AvgIpc) is 2.82. The van der Waals surface area contributed by atoms with Crippen molar-refractivity contribution in [2.75, 3.05) is 20.1 Å². The smallest absolute Gasteiger partial charge is 0.227 e. The normalized spacial score (nSPS) is 19.5. The van der Waals surface area contributed by atoms with Crippen LogP contribution in [0.2, 0.25) is 0 Å². The van der Waals surface area contributed by atoms with E-state index in [2.05, 4.69) is 5.32 Å². The van der Waals surface area contributed by atoms with Gasteiger partial charge in [0.15, 0.2) is 0 Å². The Morgan fingerprint density at radius 1 is 1.65 bits per heavy atom. The van der Waals surface area contributed by atoms with Crippen LogP contribution in [0.1, 0.15) is 18.4 Å². The van der Waals surface area contributed by atoms with E-state index in [0.717, 1.165) is 25.1 Å². The summed E-state index contributed by atoms with van der Waals surface area (Å²) < 4.78 is 0. The molecule has 1 atom stereocenters. The topological polar surface area (TPSA) is 32.3 Å². The summed E-state index contributed by atoms with van der Waals surface area (Å²) in [5, 5.41) is 7.40. The van der Waals surface area contributed by atoms with Crippen molar-refractivity contribution < 1.29 is 4.79 Å². The number of likely N-dealkylation sites (N-methyl/N-ethyl adjacent to an activating group) is 1. The van der Waals surface area contributed by atoms with Gasteiger partial charge in [0.2, 0.25) is 5.91 Å². The Morgan fingerprint density at radius 3 is 3.06 bits per heavy atom. The highest BCUT2D eigenvalue weighted by Gasteiger charge is 2.21. The second-order valence-corrected chi connectivity index (χ2v) is 5.09. The van der Waals surface area contributed by atoms with Crippen LogP contribution in [0.15, 0.2) is 16.8 Å². The lowest BCUT2D eigenvalue weighted by atomic mass is 10.1. The minimum atomic E-state index is 0. The van der Waals surface area contributed by atoms with Gasteiger partial charge in [0.05, 0.1) is 6.42 Å². The van der Waals surface area contributed by atoms with E-state index in [0.29, 0.717) is 12.5 Å². The van der Waals surface area contributed by atoms with Crippen LogP contribution in [0.5, 0.6) is 0 Å². The quantitative estimate of drug-likeness (QED) is 0.913. The van der Waals surface area contributed by atoms with Crippen LogP contribution in [0.3, 0.4) is 0 Å². The van der Waals surface area contributed by atoms with Gasteiger partial charge in [0, 0.05) is 19.6 Å². The third-order valence-electron chi connectivity index (χ3n) is 3.15. The van der Waals surface area contributed by atoms with E-state index < -0.39 is 0 Å². The first kappa shape index (κ1) is 14.5. The van der Waals surface area contributed by atoms with Gasteiger partial charge in [0.25, 0.3) is 0 Å². The molecule has 1 aromatic heterocycles. The lowest BCUT2D eigenvalue weighted by Gasteiger charge is -2.31. The molecule has 0 spiro atoms.